The van der Waals surface area contributed by atoms with Crippen molar-refractivity contribution in [3.05, 3.63) is 139 Å². The number of allylic oxidation sites excluding steroid dienone is 8. The summed E-state index contributed by atoms with van der Waals surface area (Å²) in [5.41, 5.74) is 10.5. The number of benzene rings is 4. The van der Waals surface area contributed by atoms with Crippen LogP contribution in [0.5, 0.6) is 0 Å². The fourth-order valence-electron chi connectivity index (χ4n) is 4.81. The van der Waals surface area contributed by atoms with E-state index in [-0.39, 0.29) is 0 Å². The van der Waals surface area contributed by atoms with Crippen LogP contribution in [0.15, 0.2) is 132 Å². The molecule has 0 radical (unpaired) electrons. The normalized spacial score (nSPS) is 17.2. The van der Waals surface area contributed by atoms with Crippen LogP contribution in [0.4, 0.5) is 0 Å². The SMILES string of the molecule is CC.Cc1ccc(-c2ccc(-c3ccc4oc5ccc(/C6=C/C=C\C/C=C\C=C/C6)cc5c4c3)cc2)cc1. The second-order valence-electron chi connectivity index (χ2n) is 9.38. The molecule has 188 valence electrons. The van der Waals surface area contributed by atoms with E-state index in [2.05, 4.69) is 134 Å². The highest BCUT2D eigenvalue weighted by Crippen LogP contribution is 2.35. The number of hydrogen-bond acceptors (Lipinski definition) is 1. The van der Waals surface area contributed by atoms with Crippen LogP contribution in [0.3, 0.4) is 0 Å². The quantitative estimate of drug-likeness (QED) is 0.243. The van der Waals surface area contributed by atoms with Gasteiger partial charge in [0, 0.05) is 10.8 Å². The van der Waals surface area contributed by atoms with Crippen LogP contribution in [0, 0.1) is 6.92 Å². The molecule has 5 aromatic rings. The van der Waals surface area contributed by atoms with Gasteiger partial charge < -0.3 is 4.42 Å². The Morgan fingerprint density at radius 2 is 1.03 bits per heavy atom. The zero-order chi connectivity index (χ0) is 26.3. The van der Waals surface area contributed by atoms with Crippen molar-refractivity contribution in [3.63, 3.8) is 0 Å². The van der Waals surface area contributed by atoms with E-state index in [1.54, 1.807) is 0 Å². The summed E-state index contributed by atoms with van der Waals surface area (Å²) >= 11 is 0. The molecule has 4 aromatic carbocycles. The van der Waals surface area contributed by atoms with Crippen LogP contribution in [0.1, 0.15) is 37.8 Å². The Labute approximate surface area is 226 Å². The number of fused-ring (bicyclic) bond motifs is 3. The van der Waals surface area contributed by atoms with Crippen molar-refractivity contribution in [1.29, 1.82) is 0 Å². The van der Waals surface area contributed by atoms with E-state index in [0.717, 1.165) is 34.8 Å². The summed E-state index contributed by atoms with van der Waals surface area (Å²) in [6.07, 6.45) is 17.1. The molecule has 1 aromatic heterocycles. The Bertz CT molecular complexity index is 1650. The topological polar surface area (TPSA) is 13.1 Å². The molecule has 6 rings (SSSR count). The molecule has 0 saturated heterocycles. The second-order valence-corrected chi connectivity index (χ2v) is 9.38. The molecule has 0 unspecified atom stereocenters. The third kappa shape index (κ3) is 5.48. The Morgan fingerprint density at radius 3 is 1.71 bits per heavy atom. The van der Waals surface area contributed by atoms with Crippen molar-refractivity contribution < 1.29 is 4.42 Å². The molecule has 0 saturated carbocycles. The summed E-state index contributed by atoms with van der Waals surface area (Å²) in [7, 11) is 0. The molecule has 1 heteroatoms. The molecular formula is C37H34O. The summed E-state index contributed by atoms with van der Waals surface area (Å²) in [4.78, 5) is 0. The maximum absolute atomic E-state index is 6.20. The molecule has 0 atom stereocenters. The van der Waals surface area contributed by atoms with E-state index in [1.165, 1.54) is 39.0 Å². The van der Waals surface area contributed by atoms with Crippen molar-refractivity contribution in [3.8, 4) is 22.3 Å². The van der Waals surface area contributed by atoms with Gasteiger partial charge in [-0.1, -0.05) is 123 Å². The predicted molar refractivity (Wildman–Crippen MR) is 165 cm³/mol. The van der Waals surface area contributed by atoms with E-state index in [4.69, 9.17) is 4.42 Å². The van der Waals surface area contributed by atoms with Crippen molar-refractivity contribution >= 4 is 27.5 Å². The summed E-state index contributed by atoms with van der Waals surface area (Å²) in [6, 6.07) is 30.6. The molecule has 1 heterocycles. The maximum Gasteiger partial charge on any atom is 0.135 e. The summed E-state index contributed by atoms with van der Waals surface area (Å²) in [5.74, 6) is 0. The summed E-state index contributed by atoms with van der Waals surface area (Å²) in [6.45, 7) is 6.12. The van der Waals surface area contributed by atoms with Gasteiger partial charge in [-0.05, 0) is 77.4 Å². The summed E-state index contributed by atoms with van der Waals surface area (Å²) < 4.78 is 6.20. The van der Waals surface area contributed by atoms with Gasteiger partial charge in [-0.25, -0.2) is 0 Å². The molecule has 0 N–H and O–H groups in total. The molecular weight excluding hydrogens is 460 g/mol. The van der Waals surface area contributed by atoms with Gasteiger partial charge in [0.05, 0.1) is 0 Å². The lowest BCUT2D eigenvalue weighted by molar-refractivity contribution is 0.669. The molecule has 0 aliphatic heterocycles. The predicted octanol–water partition coefficient (Wildman–Crippen LogP) is 11.1. The molecule has 0 spiro atoms. The van der Waals surface area contributed by atoms with Gasteiger partial charge >= 0.3 is 0 Å². The fraction of sp³-hybridized carbons (Fsp3) is 0.135. The molecule has 38 heavy (non-hydrogen) atoms. The van der Waals surface area contributed by atoms with Gasteiger partial charge in [0.1, 0.15) is 11.2 Å². The van der Waals surface area contributed by atoms with Crippen LogP contribution in [-0.2, 0) is 0 Å². The van der Waals surface area contributed by atoms with Crippen LogP contribution in [0.2, 0.25) is 0 Å². The van der Waals surface area contributed by atoms with Crippen LogP contribution in [0.25, 0.3) is 49.8 Å². The van der Waals surface area contributed by atoms with E-state index in [0.29, 0.717) is 0 Å². The van der Waals surface area contributed by atoms with Gasteiger partial charge in [0.2, 0.25) is 0 Å². The summed E-state index contributed by atoms with van der Waals surface area (Å²) in [5, 5.41) is 2.31. The minimum absolute atomic E-state index is 0.897. The van der Waals surface area contributed by atoms with E-state index in [9.17, 15) is 0 Å². The largest absolute Gasteiger partial charge is 0.456 e. The minimum atomic E-state index is 0.897. The van der Waals surface area contributed by atoms with Gasteiger partial charge in [0.25, 0.3) is 0 Å². The zero-order valence-corrected chi connectivity index (χ0v) is 22.4. The van der Waals surface area contributed by atoms with E-state index < -0.39 is 0 Å². The smallest absolute Gasteiger partial charge is 0.135 e. The Kier molecular flexibility index (Phi) is 7.85. The van der Waals surface area contributed by atoms with Crippen molar-refractivity contribution in [2.75, 3.05) is 0 Å². The van der Waals surface area contributed by atoms with Gasteiger partial charge in [-0.3, -0.25) is 0 Å². The van der Waals surface area contributed by atoms with Crippen LogP contribution < -0.4 is 0 Å². The highest BCUT2D eigenvalue weighted by Gasteiger charge is 2.11. The molecule has 1 aliphatic carbocycles. The lowest BCUT2D eigenvalue weighted by atomic mass is 9.97. The lowest BCUT2D eigenvalue weighted by Gasteiger charge is -2.07. The number of furan rings is 1. The van der Waals surface area contributed by atoms with E-state index in [1.807, 2.05) is 13.8 Å². The first kappa shape index (κ1) is 25.3. The standard InChI is InChI=1S/C35H28O.C2H6/c1-25-11-13-27(14-12-25)28-15-17-29(18-16-28)31-20-22-35-33(24-31)32-23-30(19-21-34(32)36-35)26-9-7-5-3-2-4-6-8-10-26;1-2/h2-3,5-8,10-24H,4,9H2,1H3;1-2H3/b3-2-,7-5-,8-6-,26-10+;. The van der Waals surface area contributed by atoms with Crippen molar-refractivity contribution in [2.45, 2.75) is 33.6 Å². The number of hydrogen-bond donors (Lipinski definition) is 0. The number of rotatable bonds is 3. The molecule has 0 amide bonds. The van der Waals surface area contributed by atoms with Gasteiger partial charge in [-0.2, -0.15) is 0 Å². The first-order valence-corrected chi connectivity index (χ1v) is 13.6. The Morgan fingerprint density at radius 1 is 0.526 bits per heavy atom. The molecule has 0 fully saturated rings. The third-order valence-electron chi connectivity index (χ3n) is 6.87. The Balaban J connectivity index is 0.00000144. The Hall–Kier alpha value is -4.36. The van der Waals surface area contributed by atoms with Gasteiger partial charge in [0.15, 0.2) is 0 Å². The highest BCUT2D eigenvalue weighted by atomic mass is 16.3. The highest BCUT2D eigenvalue weighted by molar-refractivity contribution is 6.07. The third-order valence-corrected chi connectivity index (χ3v) is 6.87. The number of aryl methyl sites for hydroxylation is 1. The van der Waals surface area contributed by atoms with Crippen LogP contribution >= 0.6 is 0 Å². The van der Waals surface area contributed by atoms with Crippen molar-refractivity contribution in [2.24, 2.45) is 0 Å². The first-order valence-electron chi connectivity index (χ1n) is 13.6. The molecule has 1 nitrogen and oxygen atoms in total. The van der Waals surface area contributed by atoms with E-state index >= 15 is 0 Å². The van der Waals surface area contributed by atoms with Crippen molar-refractivity contribution in [1.82, 2.24) is 0 Å². The second kappa shape index (κ2) is 11.8. The maximum atomic E-state index is 6.20. The monoisotopic (exact) mass is 494 g/mol. The lowest BCUT2D eigenvalue weighted by Crippen LogP contribution is -1.84. The molecule has 0 bridgehead atoms. The minimum Gasteiger partial charge on any atom is -0.456 e. The average molecular weight is 495 g/mol. The average Bonchev–Trinajstić information content (AvgIpc) is 3.34. The van der Waals surface area contributed by atoms with Gasteiger partial charge in [-0.15, -0.1) is 0 Å². The fourth-order valence-corrected chi connectivity index (χ4v) is 4.81. The van der Waals surface area contributed by atoms with Crippen LogP contribution in [-0.4, -0.2) is 0 Å². The molecule has 1 aliphatic rings. The first-order chi connectivity index (χ1) is 18.7. The zero-order valence-electron chi connectivity index (χ0n) is 22.4.